The summed E-state index contributed by atoms with van der Waals surface area (Å²) in [6.45, 7) is 8.96. The zero-order valence-corrected chi connectivity index (χ0v) is 15.4. The minimum absolute atomic E-state index is 0.148. The number of nitrogens with one attached hydrogen (secondary N) is 2. The molecule has 0 bridgehead atoms. The summed E-state index contributed by atoms with van der Waals surface area (Å²) in [7, 11) is 0. The van der Waals surface area contributed by atoms with Gasteiger partial charge in [0.15, 0.2) is 0 Å². The summed E-state index contributed by atoms with van der Waals surface area (Å²) in [5.41, 5.74) is 3.62. The molecule has 2 aromatic rings. The number of hydrogen-bond donors (Lipinski definition) is 2. The fraction of sp³-hybridized carbons (Fsp3) is 0.421. The van der Waals surface area contributed by atoms with E-state index in [2.05, 4.69) is 15.5 Å². The number of H-pyrrole nitrogens is 1. The summed E-state index contributed by atoms with van der Waals surface area (Å²) < 4.78 is 5.30. The van der Waals surface area contributed by atoms with E-state index in [-0.39, 0.29) is 5.78 Å². The quantitative estimate of drug-likeness (QED) is 0.850. The first kappa shape index (κ1) is 18.7. The van der Waals surface area contributed by atoms with Crippen LogP contribution >= 0.6 is 0 Å². The van der Waals surface area contributed by atoms with E-state index in [4.69, 9.17) is 4.74 Å². The number of Topliss-reactive ketones (excluding diaryl/α,β-unsaturated/α-hetero) is 1. The molecule has 1 amide bonds. The van der Waals surface area contributed by atoms with Crippen molar-refractivity contribution in [1.82, 2.24) is 10.2 Å². The lowest BCUT2D eigenvalue weighted by Crippen LogP contribution is -2.27. The largest absolute Gasteiger partial charge is 0.444 e. The lowest BCUT2D eigenvalue weighted by molar-refractivity contribution is -0.117. The van der Waals surface area contributed by atoms with Gasteiger partial charge < -0.3 is 9.53 Å². The second-order valence-corrected chi connectivity index (χ2v) is 7.14. The highest BCUT2D eigenvalue weighted by Gasteiger charge is 2.17. The standard InChI is InChI=1S/C19H25N3O3/c1-12-6-8-14(10-16(12)20-18(24)25-19(3,4)5)17-11-15(21-22-17)9-7-13(2)23/h6,8,10-11H,7,9H2,1-5H3,(H,20,24)(H,21,22). The van der Waals surface area contributed by atoms with Gasteiger partial charge in [0.25, 0.3) is 0 Å². The first-order valence-electron chi connectivity index (χ1n) is 8.29. The Morgan fingerprint density at radius 1 is 1.24 bits per heavy atom. The van der Waals surface area contributed by atoms with Crippen LogP contribution in [0.15, 0.2) is 24.3 Å². The van der Waals surface area contributed by atoms with Crippen LogP contribution in [-0.4, -0.2) is 27.7 Å². The number of aryl methyl sites for hydroxylation is 2. The van der Waals surface area contributed by atoms with Crippen LogP contribution in [0.1, 0.15) is 45.4 Å². The van der Waals surface area contributed by atoms with Gasteiger partial charge in [-0.3, -0.25) is 10.4 Å². The molecule has 134 valence electrons. The average molecular weight is 343 g/mol. The van der Waals surface area contributed by atoms with Crippen molar-refractivity contribution in [3.8, 4) is 11.3 Å². The molecule has 1 aromatic carbocycles. The molecule has 0 radical (unpaired) electrons. The first-order valence-corrected chi connectivity index (χ1v) is 8.29. The molecule has 6 nitrogen and oxygen atoms in total. The van der Waals surface area contributed by atoms with Crippen molar-refractivity contribution in [2.75, 3.05) is 5.32 Å². The Hall–Kier alpha value is -2.63. The molecule has 0 atom stereocenters. The average Bonchev–Trinajstić information content (AvgIpc) is 2.94. The van der Waals surface area contributed by atoms with Crippen LogP contribution in [-0.2, 0) is 16.0 Å². The molecule has 25 heavy (non-hydrogen) atoms. The SMILES string of the molecule is CC(=O)CCc1cc(-c2ccc(C)c(NC(=O)OC(C)(C)C)c2)n[nH]1. The van der Waals surface area contributed by atoms with Crippen LogP contribution in [0.25, 0.3) is 11.3 Å². The zero-order chi connectivity index (χ0) is 18.6. The van der Waals surface area contributed by atoms with E-state index in [9.17, 15) is 9.59 Å². The van der Waals surface area contributed by atoms with E-state index < -0.39 is 11.7 Å². The molecule has 1 aromatic heterocycles. The number of ketones is 1. The molecular weight excluding hydrogens is 318 g/mol. The third-order valence-corrected chi connectivity index (χ3v) is 3.55. The fourth-order valence-corrected chi connectivity index (χ4v) is 2.28. The lowest BCUT2D eigenvalue weighted by atomic mass is 10.1. The third kappa shape index (κ3) is 5.74. The van der Waals surface area contributed by atoms with Gasteiger partial charge in [-0.15, -0.1) is 0 Å². The number of hydrogen-bond acceptors (Lipinski definition) is 4. The highest BCUT2D eigenvalue weighted by molar-refractivity contribution is 5.87. The minimum atomic E-state index is -0.552. The number of rotatable bonds is 5. The van der Waals surface area contributed by atoms with Gasteiger partial charge in [0, 0.05) is 23.4 Å². The molecule has 2 rings (SSSR count). The van der Waals surface area contributed by atoms with Crippen LogP contribution in [0, 0.1) is 6.92 Å². The van der Waals surface area contributed by atoms with Gasteiger partial charge in [-0.05, 0) is 58.7 Å². The first-order chi connectivity index (χ1) is 11.6. The molecule has 0 aliphatic rings. The molecule has 1 heterocycles. The predicted molar refractivity (Wildman–Crippen MR) is 97.6 cm³/mol. The number of ether oxygens (including phenoxy) is 1. The molecule has 2 N–H and O–H groups in total. The lowest BCUT2D eigenvalue weighted by Gasteiger charge is -2.20. The van der Waals surface area contributed by atoms with Crippen molar-refractivity contribution in [3.63, 3.8) is 0 Å². The van der Waals surface area contributed by atoms with Crippen molar-refractivity contribution in [2.45, 2.75) is 53.1 Å². The number of carbonyl (C=O) groups is 2. The molecule has 0 aliphatic carbocycles. The molecule has 0 aliphatic heterocycles. The second-order valence-electron chi connectivity index (χ2n) is 7.14. The van der Waals surface area contributed by atoms with Gasteiger partial charge in [-0.1, -0.05) is 12.1 Å². The van der Waals surface area contributed by atoms with Crippen molar-refractivity contribution in [2.24, 2.45) is 0 Å². The molecule has 6 heteroatoms. The Morgan fingerprint density at radius 2 is 1.96 bits per heavy atom. The summed E-state index contributed by atoms with van der Waals surface area (Å²) in [6, 6.07) is 7.65. The summed E-state index contributed by atoms with van der Waals surface area (Å²) in [5.74, 6) is 0.148. The van der Waals surface area contributed by atoms with Gasteiger partial charge in [0.1, 0.15) is 11.4 Å². The van der Waals surface area contributed by atoms with E-state index >= 15 is 0 Å². The van der Waals surface area contributed by atoms with Gasteiger partial charge in [-0.25, -0.2) is 4.79 Å². The topological polar surface area (TPSA) is 84.1 Å². The maximum absolute atomic E-state index is 12.0. The monoisotopic (exact) mass is 343 g/mol. The Kier molecular flexibility index (Phi) is 5.62. The van der Waals surface area contributed by atoms with Crippen molar-refractivity contribution >= 4 is 17.6 Å². The van der Waals surface area contributed by atoms with Crippen molar-refractivity contribution in [1.29, 1.82) is 0 Å². The smallest absolute Gasteiger partial charge is 0.412 e. The molecule has 0 unspecified atom stereocenters. The predicted octanol–water partition coefficient (Wildman–Crippen LogP) is 4.25. The fourth-order valence-electron chi connectivity index (χ4n) is 2.28. The third-order valence-electron chi connectivity index (χ3n) is 3.55. The van der Waals surface area contributed by atoms with Crippen molar-refractivity contribution in [3.05, 3.63) is 35.5 Å². The molecule has 0 fully saturated rings. The van der Waals surface area contributed by atoms with Crippen molar-refractivity contribution < 1.29 is 14.3 Å². The number of nitrogens with zero attached hydrogens (tertiary/aromatic N) is 1. The number of aromatic amines is 1. The molecule has 0 saturated heterocycles. The second kappa shape index (κ2) is 7.51. The van der Waals surface area contributed by atoms with E-state index in [0.29, 0.717) is 18.5 Å². The summed E-state index contributed by atoms with van der Waals surface area (Å²) in [5, 5.41) is 10.0. The highest BCUT2D eigenvalue weighted by Crippen LogP contribution is 2.25. The maximum atomic E-state index is 12.0. The van der Waals surface area contributed by atoms with Crippen LogP contribution in [0.2, 0.25) is 0 Å². The van der Waals surface area contributed by atoms with Crippen LogP contribution in [0.5, 0.6) is 0 Å². The van der Waals surface area contributed by atoms with Crippen LogP contribution < -0.4 is 5.32 Å². The highest BCUT2D eigenvalue weighted by atomic mass is 16.6. The number of amides is 1. The van der Waals surface area contributed by atoms with Crippen LogP contribution in [0.4, 0.5) is 10.5 Å². The number of carbonyl (C=O) groups excluding carboxylic acids is 2. The molecular formula is C19H25N3O3. The summed E-state index contributed by atoms with van der Waals surface area (Å²) >= 11 is 0. The molecule has 0 saturated carbocycles. The Bertz CT molecular complexity index is 772. The van der Waals surface area contributed by atoms with Crippen LogP contribution in [0.3, 0.4) is 0 Å². The van der Waals surface area contributed by atoms with E-state index in [0.717, 1.165) is 22.5 Å². The van der Waals surface area contributed by atoms with Gasteiger partial charge in [-0.2, -0.15) is 5.10 Å². The Morgan fingerprint density at radius 3 is 2.60 bits per heavy atom. The molecule has 0 spiro atoms. The Labute approximate surface area is 148 Å². The maximum Gasteiger partial charge on any atom is 0.412 e. The normalized spacial score (nSPS) is 11.2. The minimum Gasteiger partial charge on any atom is -0.444 e. The van der Waals surface area contributed by atoms with E-state index in [1.165, 1.54) is 0 Å². The summed E-state index contributed by atoms with van der Waals surface area (Å²) in [4.78, 5) is 23.1. The number of anilines is 1. The zero-order valence-electron chi connectivity index (χ0n) is 15.4. The van der Waals surface area contributed by atoms with E-state index in [1.54, 1.807) is 6.92 Å². The van der Waals surface area contributed by atoms with Gasteiger partial charge in [0.2, 0.25) is 0 Å². The number of benzene rings is 1. The number of aromatic nitrogens is 2. The van der Waals surface area contributed by atoms with Gasteiger partial charge in [0.05, 0.1) is 5.69 Å². The summed E-state index contributed by atoms with van der Waals surface area (Å²) in [6.07, 6.45) is 0.634. The van der Waals surface area contributed by atoms with Gasteiger partial charge >= 0.3 is 6.09 Å². The van der Waals surface area contributed by atoms with E-state index in [1.807, 2.05) is 52.0 Å². The Balaban J connectivity index is 2.15.